The lowest BCUT2D eigenvalue weighted by Gasteiger charge is -2.16. The first-order valence-corrected chi connectivity index (χ1v) is 5.51. The number of rotatable bonds is 1. The minimum atomic E-state index is -0.614. The first-order chi connectivity index (χ1) is 7.41. The summed E-state index contributed by atoms with van der Waals surface area (Å²) in [4.78, 5) is 13.4. The second kappa shape index (κ2) is 3.30. The van der Waals surface area contributed by atoms with Gasteiger partial charge in [0.05, 0.1) is 11.1 Å². The largest absolute Gasteiger partial charge is 0.312 e. The molecule has 0 fully saturated rings. The van der Waals surface area contributed by atoms with Crippen molar-refractivity contribution in [2.45, 2.75) is 32.6 Å². The Bertz CT molecular complexity index is 465. The average Bonchev–Trinajstić information content (AvgIpc) is 2.42. The van der Waals surface area contributed by atoms with Crippen molar-refractivity contribution in [3.8, 4) is 0 Å². The highest BCUT2D eigenvalue weighted by molar-refractivity contribution is 6.07. The summed E-state index contributed by atoms with van der Waals surface area (Å²) in [6.45, 7) is 5.58. The molecule has 2 rings (SSSR count). The van der Waals surface area contributed by atoms with Crippen molar-refractivity contribution in [1.82, 2.24) is 0 Å². The fraction of sp³-hybridized carbons (Fsp3) is 0.462. The van der Waals surface area contributed by atoms with E-state index < -0.39 is 5.41 Å². The summed E-state index contributed by atoms with van der Waals surface area (Å²) in [5, 5.41) is 0. The van der Waals surface area contributed by atoms with E-state index in [1.165, 1.54) is 4.90 Å². The Kier molecular flexibility index (Phi) is 2.30. The summed E-state index contributed by atoms with van der Waals surface area (Å²) in [7, 11) is 1.64. The predicted octanol–water partition coefficient (Wildman–Crippen LogP) is 2.64. The zero-order valence-electron chi connectivity index (χ0n) is 10.1. The lowest BCUT2D eigenvalue weighted by molar-refractivity contribution is -0.121. The van der Waals surface area contributed by atoms with Gasteiger partial charge in [0, 0.05) is 7.05 Å². The number of benzene rings is 1. The number of hydrogen-bond acceptors (Lipinski definition) is 1. The number of anilines is 1. The zero-order valence-corrected chi connectivity index (χ0v) is 10.1. The number of aryl methyl sites for hydroxylation is 1. The summed E-state index contributed by atoms with van der Waals surface area (Å²) in [6, 6.07) is 3.65. The molecule has 0 spiro atoms. The van der Waals surface area contributed by atoms with Crippen LogP contribution in [0.25, 0.3) is 0 Å². The number of halogens is 1. The molecule has 2 nitrogen and oxygen atoms in total. The SMILES string of the molecule is CCc1ccc2c(c1F)N(C)C(=O)C2(C)C. The number of amides is 1. The third kappa shape index (κ3) is 1.20. The van der Waals surface area contributed by atoms with Crippen molar-refractivity contribution in [2.24, 2.45) is 0 Å². The summed E-state index contributed by atoms with van der Waals surface area (Å²) < 4.78 is 14.1. The Morgan fingerprint density at radius 1 is 1.38 bits per heavy atom. The van der Waals surface area contributed by atoms with Crippen molar-refractivity contribution < 1.29 is 9.18 Å². The van der Waals surface area contributed by atoms with Crippen LogP contribution in [-0.4, -0.2) is 13.0 Å². The molecule has 1 amide bonds. The highest BCUT2D eigenvalue weighted by Gasteiger charge is 2.43. The highest BCUT2D eigenvalue weighted by atomic mass is 19.1. The quantitative estimate of drug-likeness (QED) is 0.714. The molecule has 16 heavy (non-hydrogen) atoms. The number of nitrogens with zero attached hydrogens (tertiary/aromatic N) is 1. The van der Waals surface area contributed by atoms with E-state index >= 15 is 0 Å². The van der Waals surface area contributed by atoms with Crippen LogP contribution in [0, 0.1) is 5.82 Å². The van der Waals surface area contributed by atoms with Crippen LogP contribution in [0.5, 0.6) is 0 Å². The normalized spacial score (nSPS) is 17.8. The van der Waals surface area contributed by atoms with Crippen LogP contribution in [0.2, 0.25) is 0 Å². The summed E-state index contributed by atoms with van der Waals surface area (Å²) in [5.74, 6) is -0.295. The van der Waals surface area contributed by atoms with E-state index in [1.54, 1.807) is 13.1 Å². The van der Waals surface area contributed by atoms with Crippen LogP contribution < -0.4 is 4.90 Å². The molecule has 0 N–H and O–H groups in total. The van der Waals surface area contributed by atoms with Crippen LogP contribution in [0.15, 0.2) is 12.1 Å². The number of fused-ring (bicyclic) bond motifs is 1. The molecule has 0 atom stereocenters. The molecule has 1 aromatic rings. The van der Waals surface area contributed by atoms with Gasteiger partial charge in [-0.3, -0.25) is 4.79 Å². The number of hydrogen-bond donors (Lipinski definition) is 0. The summed E-state index contributed by atoms with van der Waals surface area (Å²) >= 11 is 0. The fourth-order valence-corrected chi connectivity index (χ4v) is 2.35. The molecule has 1 heterocycles. The molecule has 0 unspecified atom stereocenters. The van der Waals surface area contributed by atoms with Crippen molar-refractivity contribution in [2.75, 3.05) is 11.9 Å². The van der Waals surface area contributed by atoms with E-state index in [1.807, 2.05) is 26.8 Å². The third-order valence-electron chi connectivity index (χ3n) is 3.43. The standard InChI is InChI=1S/C13H16FNO/c1-5-8-6-7-9-11(10(8)14)15(4)12(16)13(9,2)3/h6-7H,5H2,1-4H3. The van der Waals surface area contributed by atoms with Gasteiger partial charge in [-0.2, -0.15) is 0 Å². The van der Waals surface area contributed by atoms with Gasteiger partial charge < -0.3 is 4.90 Å². The van der Waals surface area contributed by atoms with Gasteiger partial charge in [-0.15, -0.1) is 0 Å². The Morgan fingerprint density at radius 3 is 2.56 bits per heavy atom. The highest BCUT2D eigenvalue weighted by Crippen LogP contribution is 2.42. The smallest absolute Gasteiger partial charge is 0.236 e. The van der Waals surface area contributed by atoms with Crippen LogP contribution in [0.4, 0.5) is 10.1 Å². The van der Waals surface area contributed by atoms with Gasteiger partial charge in [0.1, 0.15) is 5.82 Å². The Hall–Kier alpha value is -1.38. The van der Waals surface area contributed by atoms with Crippen molar-refractivity contribution in [1.29, 1.82) is 0 Å². The van der Waals surface area contributed by atoms with E-state index in [9.17, 15) is 9.18 Å². The molecule has 1 aliphatic heterocycles. The van der Waals surface area contributed by atoms with Gasteiger partial charge in [-0.25, -0.2) is 4.39 Å². The van der Waals surface area contributed by atoms with E-state index in [0.717, 1.165) is 5.56 Å². The lowest BCUT2D eigenvalue weighted by Crippen LogP contribution is -2.33. The monoisotopic (exact) mass is 221 g/mol. The average molecular weight is 221 g/mol. The molecule has 0 radical (unpaired) electrons. The Labute approximate surface area is 95.1 Å². The van der Waals surface area contributed by atoms with Gasteiger partial charge in [0.25, 0.3) is 0 Å². The van der Waals surface area contributed by atoms with Crippen LogP contribution >= 0.6 is 0 Å². The topological polar surface area (TPSA) is 20.3 Å². The number of carbonyl (C=O) groups is 1. The first kappa shape index (κ1) is 11.1. The molecule has 86 valence electrons. The van der Waals surface area contributed by atoms with Crippen molar-refractivity contribution in [3.63, 3.8) is 0 Å². The fourth-order valence-electron chi connectivity index (χ4n) is 2.35. The predicted molar refractivity (Wildman–Crippen MR) is 62.2 cm³/mol. The maximum Gasteiger partial charge on any atom is 0.236 e. The lowest BCUT2D eigenvalue weighted by atomic mass is 9.85. The van der Waals surface area contributed by atoms with Gasteiger partial charge in [-0.05, 0) is 31.4 Å². The molecule has 1 aromatic carbocycles. The van der Waals surface area contributed by atoms with E-state index in [-0.39, 0.29) is 11.7 Å². The molecule has 0 saturated carbocycles. The second-order valence-electron chi connectivity index (χ2n) is 4.78. The van der Waals surface area contributed by atoms with E-state index in [4.69, 9.17) is 0 Å². The molecule has 3 heteroatoms. The van der Waals surface area contributed by atoms with Gasteiger partial charge in [-0.1, -0.05) is 19.1 Å². The van der Waals surface area contributed by atoms with Crippen molar-refractivity contribution >= 4 is 11.6 Å². The second-order valence-corrected chi connectivity index (χ2v) is 4.78. The van der Waals surface area contributed by atoms with Crippen molar-refractivity contribution in [3.05, 3.63) is 29.1 Å². The minimum Gasteiger partial charge on any atom is -0.312 e. The van der Waals surface area contributed by atoms with Gasteiger partial charge in [0.2, 0.25) is 5.91 Å². The molecule has 0 bridgehead atoms. The van der Waals surface area contributed by atoms with Gasteiger partial charge in [0.15, 0.2) is 0 Å². The summed E-state index contributed by atoms with van der Waals surface area (Å²) in [5.41, 5.74) is 1.29. The van der Waals surface area contributed by atoms with Crippen LogP contribution in [0.1, 0.15) is 31.9 Å². The van der Waals surface area contributed by atoms with Crippen LogP contribution in [0.3, 0.4) is 0 Å². The summed E-state index contributed by atoms with van der Waals surface area (Å²) in [6.07, 6.45) is 0.640. The maximum atomic E-state index is 14.1. The van der Waals surface area contributed by atoms with Gasteiger partial charge >= 0.3 is 0 Å². The molecular formula is C13H16FNO. The Morgan fingerprint density at radius 2 is 2.00 bits per heavy atom. The molecule has 0 aromatic heterocycles. The Balaban J connectivity index is 2.72. The molecule has 0 saturated heterocycles. The molecular weight excluding hydrogens is 205 g/mol. The molecule has 1 aliphatic rings. The molecule has 0 aliphatic carbocycles. The minimum absolute atomic E-state index is 0.0466. The first-order valence-electron chi connectivity index (χ1n) is 5.51. The van der Waals surface area contributed by atoms with E-state index in [0.29, 0.717) is 17.7 Å². The number of likely N-dealkylation sites (N-methyl/N-ethyl adjacent to an activating group) is 1. The number of carbonyl (C=O) groups excluding carboxylic acids is 1. The maximum absolute atomic E-state index is 14.1. The zero-order chi connectivity index (χ0) is 12.1. The third-order valence-corrected chi connectivity index (χ3v) is 3.43. The van der Waals surface area contributed by atoms with Crippen LogP contribution in [-0.2, 0) is 16.6 Å². The van der Waals surface area contributed by atoms with E-state index in [2.05, 4.69) is 0 Å².